The van der Waals surface area contributed by atoms with Crippen LogP contribution in [-0.2, 0) is 4.74 Å². The summed E-state index contributed by atoms with van der Waals surface area (Å²) in [4.78, 5) is 2.11. The van der Waals surface area contributed by atoms with Gasteiger partial charge in [0.05, 0.1) is 12.2 Å². The van der Waals surface area contributed by atoms with Gasteiger partial charge in [-0.25, -0.2) is 0 Å². The fourth-order valence-corrected chi connectivity index (χ4v) is 2.69. The average molecular weight is 372 g/mol. The first-order valence-corrected chi connectivity index (χ1v) is 8.72. The number of allylic oxidation sites excluding steroid dienone is 2. The lowest BCUT2D eigenvalue weighted by Crippen LogP contribution is -2.15. The van der Waals surface area contributed by atoms with E-state index in [9.17, 15) is 5.26 Å². The van der Waals surface area contributed by atoms with Gasteiger partial charge in [0.15, 0.2) is 0 Å². The van der Waals surface area contributed by atoms with Gasteiger partial charge in [-0.2, -0.15) is 15.8 Å². The molecular formula is C22H20N4O2. The van der Waals surface area contributed by atoms with Crippen LogP contribution in [-0.4, -0.2) is 26.9 Å². The molecule has 0 saturated heterocycles. The van der Waals surface area contributed by atoms with Crippen molar-refractivity contribution in [2.24, 2.45) is 0 Å². The van der Waals surface area contributed by atoms with Gasteiger partial charge in [0.25, 0.3) is 0 Å². The molecule has 28 heavy (non-hydrogen) atoms. The number of anilines is 2. The van der Waals surface area contributed by atoms with Crippen LogP contribution >= 0.6 is 0 Å². The van der Waals surface area contributed by atoms with Crippen LogP contribution in [0.4, 0.5) is 11.4 Å². The first-order valence-electron chi connectivity index (χ1n) is 8.72. The van der Waals surface area contributed by atoms with Crippen LogP contribution in [0.5, 0.6) is 5.75 Å². The number of nitrogens with zero attached hydrogens (tertiary/aromatic N) is 4. The highest BCUT2D eigenvalue weighted by Gasteiger charge is 2.11. The van der Waals surface area contributed by atoms with Gasteiger partial charge in [0.2, 0.25) is 0 Å². The van der Waals surface area contributed by atoms with E-state index >= 15 is 0 Å². The summed E-state index contributed by atoms with van der Waals surface area (Å²) < 4.78 is 10.6. The second-order valence-corrected chi connectivity index (χ2v) is 5.71. The summed E-state index contributed by atoms with van der Waals surface area (Å²) in [5, 5.41) is 27.3. The van der Waals surface area contributed by atoms with Crippen molar-refractivity contribution in [3.8, 4) is 24.0 Å². The molecule has 0 aromatic heterocycles. The molecule has 6 heteroatoms. The summed E-state index contributed by atoms with van der Waals surface area (Å²) in [6.07, 6.45) is 0. The minimum atomic E-state index is -0.188. The van der Waals surface area contributed by atoms with E-state index in [0.717, 1.165) is 23.7 Å². The van der Waals surface area contributed by atoms with E-state index in [2.05, 4.69) is 4.90 Å². The molecule has 0 spiro atoms. The van der Waals surface area contributed by atoms with Crippen molar-refractivity contribution in [3.05, 3.63) is 59.7 Å². The maximum atomic E-state index is 9.28. The summed E-state index contributed by atoms with van der Waals surface area (Å²) in [6, 6.07) is 20.5. The first kappa shape index (κ1) is 20.5. The lowest BCUT2D eigenvalue weighted by Gasteiger charge is -2.24. The third-order valence-corrected chi connectivity index (χ3v) is 4.07. The molecule has 2 aromatic carbocycles. The van der Waals surface area contributed by atoms with Crippen molar-refractivity contribution in [2.75, 3.05) is 31.8 Å². The normalized spacial score (nSPS) is 9.54. The smallest absolute Gasteiger partial charge is 0.148 e. The van der Waals surface area contributed by atoms with Gasteiger partial charge in [-0.05, 0) is 48.9 Å². The molecule has 0 unspecified atom stereocenters. The fourth-order valence-electron chi connectivity index (χ4n) is 2.69. The van der Waals surface area contributed by atoms with Crippen LogP contribution in [0, 0.1) is 34.0 Å². The zero-order valence-corrected chi connectivity index (χ0v) is 15.8. The number of ether oxygens (including phenoxy) is 2. The summed E-state index contributed by atoms with van der Waals surface area (Å²) in [5.41, 5.74) is 2.37. The molecule has 0 radical (unpaired) electrons. The fraction of sp³-hybridized carbons (Fsp3) is 0.227. The molecule has 2 rings (SSSR count). The van der Waals surface area contributed by atoms with Crippen LogP contribution in [0.25, 0.3) is 5.57 Å². The van der Waals surface area contributed by atoms with Gasteiger partial charge in [0, 0.05) is 25.0 Å². The van der Waals surface area contributed by atoms with Gasteiger partial charge >= 0.3 is 0 Å². The second kappa shape index (κ2) is 10.4. The number of nitriles is 3. The summed E-state index contributed by atoms with van der Waals surface area (Å²) in [7, 11) is 1.63. The van der Waals surface area contributed by atoms with E-state index in [0.29, 0.717) is 18.8 Å². The summed E-state index contributed by atoms with van der Waals surface area (Å²) >= 11 is 0. The highest BCUT2D eigenvalue weighted by molar-refractivity contribution is 5.85. The number of hydrogen-bond acceptors (Lipinski definition) is 6. The Morgan fingerprint density at radius 3 is 1.89 bits per heavy atom. The third kappa shape index (κ3) is 4.89. The monoisotopic (exact) mass is 372 g/mol. The molecule has 2 aromatic rings. The van der Waals surface area contributed by atoms with Gasteiger partial charge in [0.1, 0.15) is 36.1 Å². The second-order valence-electron chi connectivity index (χ2n) is 5.71. The highest BCUT2D eigenvalue weighted by Crippen LogP contribution is 2.28. The van der Waals surface area contributed by atoms with E-state index in [1.807, 2.05) is 49.4 Å². The van der Waals surface area contributed by atoms with Crippen LogP contribution in [0.2, 0.25) is 0 Å². The molecular weight excluding hydrogens is 352 g/mol. The molecule has 0 aliphatic carbocycles. The molecule has 140 valence electrons. The Morgan fingerprint density at radius 2 is 1.43 bits per heavy atom. The summed E-state index contributed by atoms with van der Waals surface area (Å²) in [6.45, 7) is 3.82. The Bertz CT molecular complexity index is 927. The van der Waals surface area contributed by atoms with Gasteiger partial charge in [-0.15, -0.1) is 0 Å². The summed E-state index contributed by atoms with van der Waals surface area (Å²) in [5.74, 6) is 0.775. The van der Waals surface area contributed by atoms with Crippen LogP contribution in [0.15, 0.2) is 54.1 Å². The molecule has 0 atom stereocenters. The van der Waals surface area contributed by atoms with Crippen molar-refractivity contribution in [3.63, 3.8) is 0 Å². The van der Waals surface area contributed by atoms with Crippen molar-refractivity contribution < 1.29 is 9.47 Å². The highest BCUT2D eigenvalue weighted by atomic mass is 16.5. The quantitative estimate of drug-likeness (QED) is 0.509. The number of methoxy groups -OCH3 is 1. The third-order valence-electron chi connectivity index (χ3n) is 4.07. The zero-order chi connectivity index (χ0) is 20.4. The van der Waals surface area contributed by atoms with E-state index in [1.165, 1.54) is 0 Å². The van der Waals surface area contributed by atoms with Crippen LogP contribution < -0.4 is 9.64 Å². The minimum absolute atomic E-state index is 0.0807. The predicted molar refractivity (Wildman–Crippen MR) is 107 cm³/mol. The van der Waals surface area contributed by atoms with Crippen LogP contribution in [0.1, 0.15) is 12.5 Å². The topological polar surface area (TPSA) is 93.1 Å². The van der Waals surface area contributed by atoms with Crippen molar-refractivity contribution in [1.82, 2.24) is 0 Å². The minimum Gasteiger partial charge on any atom is -0.491 e. The molecule has 0 heterocycles. The van der Waals surface area contributed by atoms with Gasteiger partial charge < -0.3 is 14.4 Å². The van der Waals surface area contributed by atoms with E-state index < -0.39 is 0 Å². The predicted octanol–water partition coefficient (Wildman–Crippen LogP) is 4.19. The Morgan fingerprint density at radius 1 is 0.857 bits per heavy atom. The van der Waals surface area contributed by atoms with E-state index in [1.54, 1.807) is 31.4 Å². The van der Waals surface area contributed by atoms with Crippen LogP contribution in [0.3, 0.4) is 0 Å². The molecule has 6 nitrogen and oxygen atoms in total. The van der Waals surface area contributed by atoms with Crippen molar-refractivity contribution in [2.45, 2.75) is 6.92 Å². The first-order chi connectivity index (χ1) is 13.7. The number of benzene rings is 2. The molecule has 0 aliphatic heterocycles. The maximum Gasteiger partial charge on any atom is 0.148 e. The Kier molecular flexibility index (Phi) is 7.61. The van der Waals surface area contributed by atoms with Crippen molar-refractivity contribution >= 4 is 16.9 Å². The Hall–Kier alpha value is -3.79. The molecule has 0 saturated carbocycles. The molecule has 0 N–H and O–H groups in total. The Labute approximate surface area is 165 Å². The SMILES string of the molecule is CCN(c1ccc(OCCOC)cc1)c1ccc(C(C#N)=C(C#N)C#N)cc1. The maximum absolute atomic E-state index is 9.28. The van der Waals surface area contributed by atoms with E-state index in [4.69, 9.17) is 20.0 Å². The average Bonchev–Trinajstić information content (AvgIpc) is 2.74. The molecule has 0 amide bonds. The largest absolute Gasteiger partial charge is 0.491 e. The lowest BCUT2D eigenvalue weighted by molar-refractivity contribution is 0.146. The van der Waals surface area contributed by atoms with E-state index in [-0.39, 0.29) is 11.1 Å². The number of rotatable bonds is 8. The van der Waals surface area contributed by atoms with Crippen molar-refractivity contribution in [1.29, 1.82) is 15.8 Å². The Balaban J connectivity index is 2.24. The number of hydrogen-bond donors (Lipinski definition) is 0. The zero-order valence-electron chi connectivity index (χ0n) is 15.8. The molecule has 0 fully saturated rings. The standard InChI is InChI=1S/C22H20N4O2/c1-3-26(20-8-10-21(11-9-20)28-13-12-27-2)19-6-4-17(5-7-19)22(16-25)18(14-23)15-24/h4-11H,3,12-13H2,1-2H3. The van der Waals surface area contributed by atoms with Gasteiger partial charge in [-0.1, -0.05) is 12.1 Å². The van der Waals surface area contributed by atoms with Gasteiger partial charge in [-0.3, -0.25) is 0 Å². The molecule has 0 aliphatic rings. The molecule has 0 bridgehead atoms. The lowest BCUT2D eigenvalue weighted by atomic mass is 10.0.